The standard InChI is InChI=1S/C29H37N5O7/c1-15(2)24(29(40)41)33-27(38)23(12-17-8-10-19(36)11-9-17)32-28(39)25(16(3)35)34-26(37)21(30)13-18-14-31-22-7-5-4-6-20(18)22/h4-11,14-16,21,23-25,31,35-36H,12-13,30H2,1-3H3,(H,32,39)(H,33,38)(H,34,37)(H,40,41). The molecule has 41 heavy (non-hydrogen) atoms. The molecule has 2 aromatic carbocycles. The number of hydrogen-bond acceptors (Lipinski definition) is 7. The predicted molar refractivity (Wildman–Crippen MR) is 152 cm³/mol. The summed E-state index contributed by atoms with van der Waals surface area (Å²) in [6, 6.07) is 8.49. The molecule has 0 bridgehead atoms. The first-order valence-corrected chi connectivity index (χ1v) is 13.3. The Morgan fingerprint density at radius 3 is 2.10 bits per heavy atom. The lowest BCUT2D eigenvalue weighted by atomic mass is 10.0. The van der Waals surface area contributed by atoms with Crippen LogP contribution in [0.3, 0.4) is 0 Å². The number of fused-ring (bicyclic) bond motifs is 1. The Balaban J connectivity index is 1.75. The summed E-state index contributed by atoms with van der Waals surface area (Å²) in [5.41, 5.74) is 8.41. The van der Waals surface area contributed by atoms with Gasteiger partial charge in [0.1, 0.15) is 23.9 Å². The highest BCUT2D eigenvalue weighted by Crippen LogP contribution is 2.19. The molecule has 5 atom stereocenters. The van der Waals surface area contributed by atoms with Gasteiger partial charge >= 0.3 is 5.97 Å². The first-order valence-electron chi connectivity index (χ1n) is 13.3. The predicted octanol–water partition coefficient (Wildman–Crippen LogP) is 0.562. The SMILES string of the molecule is CC(C)C(NC(=O)C(Cc1ccc(O)cc1)NC(=O)C(NC(=O)C(N)Cc1c[nH]c2ccccc12)C(C)O)C(=O)O. The number of aliphatic hydroxyl groups is 1. The Hall–Kier alpha value is -4.42. The van der Waals surface area contributed by atoms with E-state index < -0.39 is 59.9 Å². The lowest BCUT2D eigenvalue weighted by molar-refractivity contribution is -0.143. The van der Waals surface area contributed by atoms with Crippen molar-refractivity contribution >= 4 is 34.6 Å². The van der Waals surface area contributed by atoms with Crippen LogP contribution in [0.15, 0.2) is 54.7 Å². The summed E-state index contributed by atoms with van der Waals surface area (Å²) in [4.78, 5) is 54.2. The van der Waals surface area contributed by atoms with Gasteiger partial charge in [-0.05, 0) is 48.6 Å². The third kappa shape index (κ3) is 8.29. The van der Waals surface area contributed by atoms with Crippen LogP contribution < -0.4 is 21.7 Å². The lowest BCUT2D eigenvalue weighted by Gasteiger charge is -2.27. The monoisotopic (exact) mass is 567 g/mol. The number of amides is 3. The maximum Gasteiger partial charge on any atom is 0.326 e. The molecule has 1 heterocycles. The molecule has 3 aromatic rings. The Bertz CT molecular complexity index is 1370. The number of carboxylic acids is 1. The van der Waals surface area contributed by atoms with E-state index in [4.69, 9.17) is 5.73 Å². The van der Waals surface area contributed by atoms with Crippen LogP contribution >= 0.6 is 0 Å². The second-order valence-electron chi connectivity index (χ2n) is 10.4. The van der Waals surface area contributed by atoms with Crippen LogP contribution in [0.2, 0.25) is 0 Å². The molecule has 0 spiro atoms. The Labute approximate surface area is 237 Å². The van der Waals surface area contributed by atoms with Gasteiger partial charge in [-0.3, -0.25) is 14.4 Å². The third-order valence-corrected chi connectivity index (χ3v) is 6.75. The molecule has 0 aliphatic rings. The number of hydrogen-bond donors (Lipinski definition) is 8. The molecule has 12 heteroatoms. The smallest absolute Gasteiger partial charge is 0.326 e. The van der Waals surface area contributed by atoms with Crippen molar-refractivity contribution in [1.29, 1.82) is 0 Å². The van der Waals surface area contributed by atoms with Crippen molar-refractivity contribution in [2.75, 3.05) is 0 Å². The summed E-state index contributed by atoms with van der Waals surface area (Å²) < 4.78 is 0. The van der Waals surface area contributed by atoms with E-state index in [0.29, 0.717) is 5.56 Å². The number of rotatable bonds is 13. The molecule has 9 N–H and O–H groups in total. The van der Waals surface area contributed by atoms with E-state index in [1.54, 1.807) is 32.2 Å². The van der Waals surface area contributed by atoms with Crippen molar-refractivity contribution in [3.8, 4) is 5.75 Å². The van der Waals surface area contributed by atoms with Crippen LogP contribution in [0, 0.1) is 5.92 Å². The van der Waals surface area contributed by atoms with E-state index in [2.05, 4.69) is 20.9 Å². The van der Waals surface area contributed by atoms with Gasteiger partial charge < -0.3 is 42.0 Å². The largest absolute Gasteiger partial charge is 0.508 e. The average molecular weight is 568 g/mol. The van der Waals surface area contributed by atoms with Crippen LogP contribution in [0.25, 0.3) is 10.9 Å². The fraction of sp³-hybridized carbons (Fsp3) is 0.379. The van der Waals surface area contributed by atoms with Crippen molar-refractivity contribution in [3.63, 3.8) is 0 Å². The number of nitrogens with two attached hydrogens (primary N) is 1. The summed E-state index contributed by atoms with van der Waals surface area (Å²) in [7, 11) is 0. The normalized spacial score (nSPS) is 15.0. The van der Waals surface area contributed by atoms with E-state index in [1.165, 1.54) is 19.1 Å². The Morgan fingerprint density at radius 2 is 1.49 bits per heavy atom. The van der Waals surface area contributed by atoms with Gasteiger partial charge in [-0.2, -0.15) is 0 Å². The van der Waals surface area contributed by atoms with Gasteiger partial charge in [0.25, 0.3) is 0 Å². The zero-order chi connectivity index (χ0) is 30.3. The summed E-state index contributed by atoms with van der Waals surface area (Å²) in [6.07, 6.45) is 0.522. The molecule has 220 valence electrons. The van der Waals surface area contributed by atoms with Crippen molar-refractivity contribution in [2.45, 2.75) is 63.9 Å². The number of aliphatic hydroxyl groups excluding tert-OH is 1. The minimum atomic E-state index is -1.45. The van der Waals surface area contributed by atoms with Crippen LogP contribution in [0.4, 0.5) is 0 Å². The topological polar surface area (TPSA) is 207 Å². The highest BCUT2D eigenvalue weighted by Gasteiger charge is 2.33. The summed E-state index contributed by atoms with van der Waals surface area (Å²) in [5, 5.41) is 37.8. The second-order valence-corrected chi connectivity index (χ2v) is 10.4. The molecule has 0 aliphatic carbocycles. The van der Waals surface area contributed by atoms with Gasteiger partial charge in [0, 0.05) is 23.5 Å². The third-order valence-electron chi connectivity index (χ3n) is 6.75. The van der Waals surface area contributed by atoms with Crippen molar-refractivity contribution < 1.29 is 34.5 Å². The van der Waals surface area contributed by atoms with E-state index in [1.807, 2.05) is 24.3 Å². The number of nitrogens with one attached hydrogen (secondary N) is 4. The van der Waals surface area contributed by atoms with E-state index >= 15 is 0 Å². The molecule has 0 saturated carbocycles. The van der Waals surface area contributed by atoms with E-state index in [0.717, 1.165) is 16.5 Å². The number of benzene rings is 2. The maximum atomic E-state index is 13.3. The minimum Gasteiger partial charge on any atom is -0.508 e. The number of carboxylic acid groups (broad SMARTS) is 1. The highest BCUT2D eigenvalue weighted by molar-refractivity contribution is 5.95. The van der Waals surface area contributed by atoms with Gasteiger partial charge in [-0.1, -0.05) is 44.2 Å². The Kier molecular flexibility index (Phi) is 10.5. The molecule has 3 amide bonds. The average Bonchev–Trinajstić information content (AvgIpc) is 3.32. The summed E-state index contributed by atoms with van der Waals surface area (Å²) in [6.45, 7) is 4.57. The number of aromatic hydroxyl groups is 1. The number of carbonyl (C=O) groups excluding carboxylic acids is 3. The van der Waals surface area contributed by atoms with Gasteiger partial charge in [0.05, 0.1) is 12.1 Å². The van der Waals surface area contributed by atoms with Gasteiger partial charge in [-0.25, -0.2) is 4.79 Å². The number of aromatic amines is 1. The molecule has 5 unspecified atom stereocenters. The second kappa shape index (κ2) is 13.8. The first-order chi connectivity index (χ1) is 19.4. The number of aromatic nitrogens is 1. The fourth-order valence-corrected chi connectivity index (χ4v) is 4.40. The number of aliphatic carboxylic acids is 1. The van der Waals surface area contributed by atoms with E-state index in [9.17, 15) is 34.5 Å². The fourth-order valence-electron chi connectivity index (χ4n) is 4.40. The zero-order valence-corrected chi connectivity index (χ0v) is 23.1. The van der Waals surface area contributed by atoms with Gasteiger partial charge in [-0.15, -0.1) is 0 Å². The molecule has 1 aromatic heterocycles. The van der Waals surface area contributed by atoms with Gasteiger partial charge in [0.15, 0.2) is 0 Å². The molecule has 0 aliphatic heterocycles. The van der Waals surface area contributed by atoms with Crippen molar-refractivity contribution in [3.05, 3.63) is 65.9 Å². The van der Waals surface area contributed by atoms with Crippen LogP contribution in [0.1, 0.15) is 31.9 Å². The zero-order valence-electron chi connectivity index (χ0n) is 23.1. The lowest BCUT2D eigenvalue weighted by Crippen LogP contribution is -2.60. The number of carbonyl (C=O) groups is 4. The first kappa shape index (κ1) is 31.1. The quantitative estimate of drug-likeness (QED) is 0.146. The molecule has 12 nitrogen and oxygen atoms in total. The minimum absolute atomic E-state index is 0.00499. The molecular formula is C29H37N5O7. The van der Waals surface area contributed by atoms with Crippen LogP contribution in [-0.2, 0) is 32.0 Å². The number of phenolic OH excluding ortho intramolecular Hbond substituents is 1. The van der Waals surface area contributed by atoms with Crippen LogP contribution in [-0.4, -0.2) is 74.3 Å². The Morgan fingerprint density at radius 1 is 0.854 bits per heavy atom. The number of phenols is 1. The molecule has 0 saturated heterocycles. The van der Waals surface area contributed by atoms with E-state index in [-0.39, 0.29) is 18.6 Å². The molecule has 3 rings (SSSR count). The number of H-pyrrole nitrogens is 1. The van der Waals surface area contributed by atoms with Crippen molar-refractivity contribution in [1.82, 2.24) is 20.9 Å². The highest BCUT2D eigenvalue weighted by atomic mass is 16.4. The molecule has 0 fully saturated rings. The summed E-state index contributed by atoms with van der Waals surface area (Å²) >= 11 is 0. The van der Waals surface area contributed by atoms with Crippen LogP contribution in [0.5, 0.6) is 5.75 Å². The maximum absolute atomic E-state index is 13.3. The van der Waals surface area contributed by atoms with Gasteiger partial charge in [0.2, 0.25) is 17.7 Å². The molecule has 0 radical (unpaired) electrons. The summed E-state index contributed by atoms with van der Waals surface area (Å²) in [5.74, 6) is -3.97. The number of para-hydroxylation sites is 1. The van der Waals surface area contributed by atoms with Crippen molar-refractivity contribution in [2.24, 2.45) is 11.7 Å². The molecular weight excluding hydrogens is 530 g/mol.